The van der Waals surface area contributed by atoms with E-state index in [4.69, 9.17) is 0 Å². The lowest BCUT2D eigenvalue weighted by molar-refractivity contribution is 0.0679. The number of nitrogens with zero attached hydrogens (tertiary/aromatic N) is 3. The van der Waals surface area contributed by atoms with Gasteiger partial charge < -0.3 is 10.2 Å². The van der Waals surface area contributed by atoms with Crippen LogP contribution < -0.4 is 5.32 Å². The molecule has 1 amide bonds. The normalized spacial score (nSPS) is 12.0. The van der Waals surface area contributed by atoms with Crippen LogP contribution in [0, 0.1) is 0 Å². The molecule has 0 saturated heterocycles. The van der Waals surface area contributed by atoms with Crippen molar-refractivity contribution in [2.24, 2.45) is 0 Å². The Labute approximate surface area is 115 Å². The molecule has 0 aliphatic heterocycles. The van der Waals surface area contributed by atoms with Crippen LogP contribution in [0.4, 0.5) is 5.82 Å². The van der Waals surface area contributed by atoms with Crippen LogP contribution in [0.1, 0.15) is 50.5 Å². The van der Waals surface area contributed by atoms with Crippen LogP contribution in [-0.2, 0) is 0 Å². The van der Waals surface area contributed by atoms with Gasteiger partial charge in [0.25, 0.3) is 5.91 Å². The van der Waals surface area contributed by atoms with Gasteiger partial charge in [0.15, 0.2) is 0 Å². The predicted octanol–water partition coefficient (Wildman–Crippen LogP) is 2.56. The Bertz CT molecular complexity index is 408. The molecule has 0 aliphatic carbocycles. The smallest absolute Gasteiger partial charge is 0.274 e. The summed E-state index contributed by atoms with van der Waals surface area (Å²) in [6.45, 7) is 7.06. The number of carbonyl (C=O) groups is 1. The lowest BCUT2D eigenvalue weighted by Crippen LogP contribution is -2.39. The first kappa shape index (κ1) is 15.4. The number of unbranched alkanes of at least 4 members (excludes halogenated alkanes) is 1. The highest BCUT2D eigenvalue weighted by atomic mass is 16.2. The average Bonchev–Trinajstić information content (AvgIpc) is 2.47. The standard InChI is InChI=1S/C14H24N4O/c1-5-7-8-18(11(3)6-2)14(19)12-9-16-10-13(15-4)17-12/h9-11H,5-8H2,1-4H3,(H,15,17). The van der Waals surface area contributed by atoms with Gasteiger partial charge in [0.05, 0.1) is 12.4 Å². The molecule has 1 aromatic rings. The van der Waals surface area contributed by atoms with Gasteiger partial charge >= 0.3 is 0 Å². The van der Waals surface area contributed by atoms with Gasteiger partial charge in [-0.05, 0) is 19.8 Å². The second kappa shape index (κ2) is 7.71. The molecule has 1 heterocycles. The number of aromatic nitrogens is 2. The molecule has 1 unspecified atom stereocenters. The highest BCUT2D eigenvalue weighted by molar-refractivity contribution is 5.92. The third kappa shape index (κ3) is 4.19. The summed E-state index contributed by atoms with van der Waals surface area (Å²) in [5.41, 5.74) is 0.406. The Balaban J connectivity index is 2.90. The third-order valence-electron chi connectivity index (χ3n) is 3.25. The van der Waals surface area contributed by atoms with E-state index in [0.29, 0.717) is 11.5 Å². The molecule has 0 radical (unpaired) electrons. The quantitative estimate of drug-likeness (QED) is 0.822. The van der Waals surface area contributed by atoms with Crippen molar-refractivity contribution in [2.75, 3.05) is 18.9 Å². The van der Waals surface area contributed by atoms with E-state index in [1.54, 1.807) is 13.2 Å². The number of hydrogen-bond acceptors (Lipinski definition) is 4. The van der Waals surface area contributed by atoms with Crippen molar-refractivity contribution in [3.63, 3.8) is 0 Å². The van der Waals surface area contributed by atoms with E-state index in [2.05, 4.69) is 36.1 Å². The van der Waals surface area contributed by atoms with Gasteiger partial charge in [-0.15, -0.1) is 0 Å². The molecule has 0 aliphatic rings. The molecule has 5 heteroatoms. The molecule has 106 valence electrons. The monoisotopic (exact) mass is 264 g/mol. The Hall–Kier alpha value is -1.65. The van der Waals surface area contributed by atoms with E-state index >= 15 is 0 Å². The van der Waals surface area contributed by atoms with Crippen LogP contribution in [0.5, 0.6) is 0 Å². The van der Waals surface area contributed by atoms with Crippen LogP contribution in [0.3, 0.4) is 0 Å². The molecule has 5 nitrogen and oxygen atoms in total. The van der Waals surface area contributed by atoms with Gasteiger partial charge in [0, 0.05) is 19.6 Å². The Morgan fingerprint density at radius 1 is 1.42 bits per heavy atom. The van der Waals surface area contributed by atoms with E-state index < -0.39 is 0 Å². The van der Waals surface area contributed by atoms with Crippen molar-refractivity contribution in [2.45, 2.75) is 46.1 Å². The molecular weight excluding hydrogens is 240 g/mol. The molecule has 1 atom stereocenters. The summed E-state index contributed by atoms with van der Waals surface area (Å²) in [4.78, 5) is 22.7. The maximum atomic E-state index is 12.5. The largest absolute Gasteiger partial charge is 0.372 e. The van der Waals surface area contributed by atoms with Crippen LogP contribution in [-0.4, -0.2) is 40.4 Å². The lowest BCUT2D eigenvalue weighted by atomic mass is 10.2. The van der Waals surface area contributed by atoms with Crippen molar-refractivity contribution >= 4 is 11.7 Å². The van der Waals surface area contributed by atoms with Crippen LogP contribution in [0.25, 0.3) is 0 Å². The molecule has 0 aromatic carbocycles. The first-order valence-electron chi connectivity index (χ1n) is 6.94. The van der Waals surface area contributed by atoms with E-state index in [1.165, 1.54) is 6.20 Å². The lowest BCUT2D eigenvalue weighted by Gasteiger charge is -2.28. The molecule has 0 spiro atoms. The molecule has 1 rings (SSSR count). The Morgan fingerprint density at radius 2 is 2.16 bits per heavy atom. The number of rotatable bonds is 7. The van der Waals surface area contributed by atoms with Gasteiger partial charge in [0.2, 0.25) is 0 Å². The molecule has 0 fully saturated rings. The van der Waals surface area contributed by atoms with Gasteiger partial charge in [-0.1, -0.05) is 20.3 Å². The zero-order valence-corrected chi connectivity index (χ0v) is 12.3. The molecule has 1 N–H and O–H groups in total. The predicted molar refractivity (Wildman–Crippen MR) is 77.3 cm³/mol. The van der Waals surface area contributed by atoms with Crippen molar-refractivity contribution < 1.29 is 4.79 Å². The minimum atomic E-state index is -0.0348. The Morgan fingerprint density at radius 3 is 2.74 bits per heavy atom. The van der Waals surface area contributed by atoms with Crippen LogP contribution >= 0.6 is 0 Å². The maximum absolute atomic E-state index is 12.5. The summed E-state index contributed by atoms with van der Waals surface area (Å²) in [5, 5.41) is 2.90. The minimum absolute atomic E-state index is 0.0348. The highest BCUT2D eigenvalue weighted by Gasteiger charge is 2.21. The minimum Gasteiger partial charge on any atom is -0.372 e. The number of carbonyl (C=O) groups excluding carboxylic acids is 1. The average molecular weight is 264 g/mol. The zero-order valence-electron chi connectivity index (χ0n) is 12.3. The van der Waals surface area contributed by atoms with Crippen LogP contribution in [0.2, 0.25) is 0 Å². The molecule has 0 bridgehead atoms. The van der Waals surface area contributed by atoms with Crippen molar-refractivity contribution in [1.29, 1.82) is 0 Å². The fourth-order valence-corrected chi connectivity index (χ4v) is 1.81. The first-order valence-corrected chi connectivity index (χ1v) is 6.94. The van der Waals surface area contributed by atoms with Gasteiger partial charge in [-0.25, -0.2) is 4.98 Å². The molecule has 1 aromatic heterocycles. The van der Waals surface area contributed by atoms with Crippen molar-refractivity contribution in [1.82, 2.24) is 14.9 Å². The number of hydrogen-bond donors (Lipinski definition) is 1. The summed E-state index contributed by atoms with van der Waals surface area (Å²) >= 11 is 0. The summed E-state index contributed by atoms with van der Waals surface area (Å²) in [6.07, 6.45) is 6.16. The van der Waals surface area contributed by atoms with Gasteiger partial charge in [-0.3, -0.25) is 9.78 Å². The van der Waals surface area contributed by atoms with E-state index in [-0.39, 0.29) is 11.9 Å². The summed E-state index contributed by atoms with van der Waals surface area (Å²) < 4.78 is 0. The SMILES string of the molecule is CCCCN(C(=O)c1cncc(NC)n1)C(C)CC. The van der Waals surface area contributed by atoms with Crippen LogP contribution in [0.15, 0.2) is 12.4 Å². The maximum Gasteiger partial charge on any atom is 0.274 e. The zero-order chi connectivity index (χ0) is 14.3. The van der Waals surface area contributed by atoms with Gasteiger partial charge in [0.1, 0.15) is 11.5 Å². The van der Waals surface area contributed by atoms with E-state index in [9.17, 15) is 4.79 Å². The fraction of sp³-hybridized carbons (Fsp3) is 0.643. The summed E-state index contributed by atoms with van der Waals surface area (Å²) in [6, 6.07) is 0.221. The topological polar surface area (TPSA) is 58.1 Å². The second-order valence-corrected chi connectivity index (χ2v) is 4.65. The fourth-order valence-electron chi connectivity index (χ4n) is 1.81. The summed E-state index contributed by atoms with van der Waals surface area (Å²) in [5.74, 6) is 0.581. The number of amides is 1. The van der Waals surface area contributed by atoms with Crippen molar-refractivity contribution in [3.8, 4) is 0 Å². The first-order chi connectivity index (χ1) is 9.13. The summed E-state index contributed by atoms with van der Waals surface area (Å²) in [7, 11) is 1.77. The number of nitrogens with one attached hydrogen (secondary N) is 1. The highest BCUT2D eigenvalue weighted by Crippen LogP contribution is 2.11. The Kier molecular flexibility index (Phi) is 6.25. The molecule has 19 heavy (non-hydrogen) atoms. The molecular formula is C14H24N4O. The van der Waals surface area contributed by atoms with Gasteiger partial charge in [-0.2, -0.15) is 0 Å². The third-order valence-corrected chi connectivity index (χ3v) is 3.25. The van der Waals surface area contributed by atoms with E-state index in [1.807, 2.05) is 4.90 Å². The number of anilines is 1. The molecule has 0 saturated carbocycles. The second-order valence-electron chi connectivity index (χ2n) is 4.65. The van der Waals surface area contributed by atoms with Crippen molar-refractivity contribution in [3.05, 3.63) is 18.1 Å². The van der Waals surface area contributed by atoms with E-state index in [0.717, 1.165) is 25.8 Å².